The Hall–Kier alpha value is -3.78. The molecule has 1 N–H and O–H groups in total. The molecular weight excluding hydrogens is 474 g/mol. The summed E-state index contributed by atoms with van der Waals surface area (Å²) in [7, 11) is 1.59. The van der Waals surface area contributed by atoms with Crippen molar-refractivity contribution in [3.05, 3.63) is 70.9 Å². The minimum absolute atomic E-state index is 0.388. The Bertz CT molecular complexity index is 1590. The van der Waals surface area contributed by atoms with E-state index in [9.17, 15) is 0 Å². The third-order valence-electron chi connectivity index (χ3n) is 8.18. The first-order chi connectivity index (χ1) is 18.4. The normalized spacial score (nSPS) is 15.2. The number of hydrogen-bond donors (Lipinski definition) is 1. The molecule has 196 valence electrons. The predicted octanol–water partition coefficient (Wildman–Crippen LogP) is 5.80. The standard InChI is InChI=1S/C30H35N7O/c1-18(2)27-24-12-23(22-8-10-36(11-9-22)15-21-13-31-30(38-5)32-14-21)6-7-26(24)34-28(27)25-16-37-17-33-35-29(37)20(4)19(25)3/h6-7,12-14,16-18,22,34H,8-11,15H2,1-5H3. The second-order valence-corrected chi connectivity index (χ2v) is 10.9. The molecule has 5 heterocycles. The lowest BCUT2D eigenvalue weighted by Gasteiger charge is -2.32. The highest BCUT2D eigenvalue weighted by Crippen LogP contribution is 2.40. The van der Waals surface area contributed by atoms with Gasteiger partial charge in [0.2, 0.25) is 0 Å². The molecule has 6 rings (SSSR count). The lowest BCUT2D eigenvalue weighted by Crippen LogP contribution is -2.32. The number of nitrogens with zero attached hydrogens (tertiary/aromatic N) is 6. The first-order valence-corrected chi connectivity index (χ1v) is 13.5. The van der Waals surface area contributed by atoms with E-state index < -0.39 is 0 Å². The van der Waals surface area contributed by atoms with Crippen LogP contribution in [0.4, 0.5) is 0 Å². The summed E-state index contributed by atoms with van der Waals surface area (Å²) in [5.74, 6) is 0.956. The molecule has 38 heavy (non-hydrogen) atoms. The Balaban J connectivity index is 1.27. The van der Waals surface area contributed by atoms with Gasteiger partial charge in [0.05, 0.1) is 12.8 Å². The van der Waals surface area contributed by atoms with Crippen LogP contribution in [0, 0.1) is 13.8 Å². The van der Waals surface area contributed by atoms with Crippen molar-refractivity contribution in [3.8, 4) is 17.3 Å². The third kappa shape index (κ3) is 4.32. The van der Waals surface area contributed by atoms with Crippen molar-refractivity contribution < 1.29 is 4.74 Å². The fraction of sp³-hybridized carbons (Fsp3) is 0.400. The number of aryl methyl sites for hydroxylation is 1. The smallest absolute Gasteiger partial charge is 0.316 e. The molecular formula is C30H35N7O. The first kappa shape index (κ1) is 24.6. The zero-order valence-corrected chi connectivity index (χ0v) is 22.8. The van der Waals surface area contributed by atoms with Gasteiger partial charge in [-0.1, -0.05) is 19.9 Å². The number of benzene rings is 1. The van der Waals surface area contributed by atoms with Crippen LogP contribution in [-0.2, 0) is 6.54 Å². The highest BCUT2D eigenvalue weighted by atomic mass is 16.5. The van der Waals surface area contributed by atoms with Gasteiger partial charge in [-0.15, -0.1) is 10.2 Å². The second kappa shape index (κ2) is 9.83. The number of methoxy groups -OCH3 is 1. The summed E-state index contributed by atoms with van der Waals surface area (Å²) >= 11 is 0. The van der Waals surface area contributed by atoms with Gasteiger partial charge in [-0.25, -0.2) is 9.97 Å². The highest BCUT2D eigenvalue weighted by molar-refractivity contribution is 5.92. The number of rotatable bonds is 6. The van der Waals surface area contributed by atoms with Crippen LogP contribution in [0.15, 0.2) is 43.1 Å². The molecule has 8 nitrogen and oxygen atoms in total. The molecule has 1 aliphatic heterocycles. The molecule has 8 heteroatoms. The Morgan fingerprint density at radius 3 is 2.55 bits per heavy atom. The van der Waals surface area contributed by atoms with Crippen molar-refractivity contribution in [2.45, 2.75) is 58.9 Å². The molecule has 1 aromatic carbocycles. The van der Waals surface area contributed by atoms with E-state index in [0.29, 0.717) is 17.8 Å². The Kier molecular flexibility index (Phi) is 6.35. The highest BCUT2D eigenvalue weighted by Gasteiger charge is 2.24. The Labute approximate surface area is 223 Å². The van der Waals surface area contributed by atoms with Crippen LogP contribution < -0.4 is 4.74 Å². The van der Waals surface area contributed by atoms with Crippen LogP contribution in [0.5, 0.6) is 6.01 Å². The van der Waals surface area contributed by atoms with Gasteiger partial charge in [-0.2, -0.15) is 0 Å². The number of nitrogens with one attached hydrogen (secondary N) is 1. The van der Waals surface area contributed by atoms with E-state index in [-0.39, 0.29) is 0 Å². The average molecular weight is 510 g/mol. The van der Waals surface area contributed by atoms with Crippen LogP contribution in [0.25, 0.3) is 27.8 Å². The monoisotopic (exact) mass is 509 g/mol. The number of likely N-dealkylation sites (tertiary alicyclic amines) is 1. The van der Waals surface area contributed by atoms with E-state index in [1.165, 1.54) is 44.4 Å². The van der Waals surface area contributed by atoms with Gasteiger partial charge >= 0.3 is 6.01 Å². The lowest BCUT2D eigenvalue weighted by atomic mass is 9.87. The van der Waals surface area contributed by atoms with Crippen molar-refractivity contribution in [3.63, 3.8) is 0 Å². The number of hydrogen-bond acceptors (Lipinski definition) is 6. The molecule has 0 bridgehead atoms. The molecule has 0 radical (unpaired) electrons. The lowest BCUT2D eigenvalue weighted by molar-refractivity contribution is 0.204. The molecule has 1 fully saturated rings. The average Bonchev–Trinajstić information content (AvgIpc) is 3.56. The van der Waals surface area contributed by atoms with E-state index in [0.717, 1.165) is 43.7 Å². The number of piperidine rings is 1. The maximum absolute atomic E-state index is 5.08. The van der Waals surface area contributed by atoms with Crippen LogP contribution >= 0.6 is 0 Å². The molecule has 4 aromatic heterocycles. The van der Waals surface area contributed by atoms with E-state index >= 15 is 0 Å². The summed E-state index contributed by atoms with van der Waals surface area (Å²) in [6.07, 6.45) is 9.99. The molecule has 0 amide bonds. The van der Waals surface area contributed by atoms with Gasteiger partial charge in [0.15, 0.2) is 5.65 Å². The number of ether oxygens (including phenoxy) is 1. The SMILES string of the molecule is COc1ncc(CN2CCC(c3ccc4[nH]c(-c5cn6cnnc6c(C)c5C)c(C(C)C)c4c3)CC2)cn1. The summed E-state index contributed by atoms with van der Waals surface area (Å²) in [5.41, 5.74) is 10.9. The predicted molar refractivity (Wildman–Crippen MR) is 150 cm³/mol. The first-order valence-electron chi connectivity index (χ1n) is 13.5. The van der Waals surface area contributed by atoms with Crippen LogP contribution in [0.1, 0.15) is 66.3 Å². The van der Waals surface area contributed by atoms with Crippen molar-refractivity contribution in [1.82, 2.24) is 34.4 Å². The van der Waals surface area contributed by atoms with E-state index in [2.05, 4.69) is 82.1 Å². The van der Waals surface area contributed by atoms with Gasteiger partial charge in [0, 0.05) is 47.2 Å². The van der Waals surface area contributed by atoms with Crippen LogP contribution in [-0.4, -0.2) is 54.6 Å². The van der Waals surface area contributed by atoms with Crippen molar-refractivity contribution in [1.29, 1.82) is 0 Å². The molecule has 1 aliphatic rings. The number of aromatic nitrogens is 6. The summed E-state index contributed by atoms with van der Waals surface area (Å²) in [6.45, 7) is 11.9. The van der Waals surface area contributed by atoms with Gasteiger partial charge in [0.1, 0.15) is 6.33 Å². The maximum atomic E-state index is 5.08. The van der Waals surface area contributed by atoms with E-state index in [1.54, 1.807) is 13.4 Å². The molecule has 0 unspecified atom stereocenters. The van der Waals surface area contributed by atoms with E-state index in [4.69, 9.17) is 4.74 Å². The second-order valence-electron chi connectivity index (χ2n) is 10.9. The quantitative estimate of drug-likeness (QED) is 0.312. The zero-order chi connectivity index (χ0) is 26.4. The van der Waals surface area contributed by atoms with Gasteiger partial charge < -0.3 is 9.72 Å². The summed E-state index contributed by atoms with van der Waals surface area (Å²) in [5, 5.41) is 9.77. The molecule has 0 spiro atoms. The molecule has 0 atom stereocenters. The Morgan fingerprint density at radius 1 is 1.08 bits per heavy atom. The van der Waals surface area contributed by atoms with Gasteiger partial charge in [0.25, 0.3) is 0 Å². The number of pyridine rings is 1. The van der Waals surface area contributed by atoms with Gasteiger partial charge in [-0.05, 0) is 86.0 Å². The summed E-state index contributed by atoms with van der Waals surface area (Å²) < 4.78 is 7.12. The number of fused-ring (bicyclic) bond motifs is 2. The van der Waals surface area contributed by atoms with Gasteiger partial charge in [-0.3, -0.25) is 9.30 Å². The largest absolute Gasteiger partial charge is 0.467 e. The van der Waals surface area contributed by atoms with E-state index in [1.807, 2.05) is 16.8 Å². The Morgan fingerprint density at radius 2 is 1.84 bits per heavy atom. The fourth-order valence-electron chi connectivity index (χ4n) is 5.97. The van der Waals surface area contributed by atoms with Crippen molar-refractivity contribution >= 4 is 16.6 Å². The van der Waals surface area contributed by atoms with Crippen LogP contribution in [0.3, 0.4) is 0 Å². The maximum Gasteiger partial charge on any atom is 0.316 e. The zero-order valence-electron chi connectivity index (χ0n) is 22.8. The minimum Gasteiger partial charge on any atom is -0.467 e. The number of aromatic amines is 1. The minimum atomic E-state index is 0.388. The van der Waals surface area contributed by atoms with Crippen molar-refractivity contribution in [2.75, 3.05) is 20.2 Å². The molecule has 5 aromatic rings. The van der Waals surface area contributed by atoms with Crippen molar-refractivity contribution in [2.24, 2.45) is 0 Å². The fourth-order valence-corrected chi connectivity index (χ4v) is 5.97. The number of H-pyrrole nitrogens is 1. The summed E-state index contributed by atoms with van der Waals surface area (Å²) in [6, 6.07) is 7.47. The third-order valence-corrected chi connectivity index (χ3v) is 8.18. The molecule has 0 saturated carbocycles. The molecule has 0 aliphatic carbocycles. The van der Waals surface area contributed by atoms with Crippen LogP contribution in [0.2, 0.25) is 0 Å². The summed E-state index contributed by atoms with van der Waals surface area (Å²) in [4.78, 5) is 14.8. The topological polar surface area (TPSA) is 84.2 Å². The molecule has 1 saturated heterocycles.